The molecule has 0 aromatic heterocycles. The molecule has 0 bridgehead atoms. The number of aryl methyl sites for hydroxylation is 1. The van der Waals surface area contributed by atoms with Gasteiger partial charge in [-0.15, -0.1) is 0 Å². The maximum absolute atomic E-state index is 14.5. The van der Waals surface area contributed by atoms with Crippen molar-refractivity contribution in [1.82, 2.24) is 19.6 Å². The highest BCUT2D eigenvalue weighted by Gasteiger charge is 2.70. The number of likely N-dealkylation sites (N-methyl/N-ethyl adjacent to an activating group) is 2. The van der Waals surface area contributed by atoms with E-state index in [0.717, 1.165) is 22.3 Å². The summed E-state index contributed by atoms with van der Waals surface area (Å²) in [7, 11) is 18.2. The van der Waals surface area contributed by atoms with Crippen molar-refractivity contribution >= 4 is 230 Å². The molecule has 0 aliphatic carbocycles. The van der Waals surface area contributed by atoms with Crippen LogP contribution in [0.3, 0.4) is 0 Å². The van der Waals surface area contributed by atoms with Crippen molar-refractivity contribution in [2.24, 2.45) is 0 Å². The van der Waals surface area contributed by atoms with Crippen molar-refractivity contribution in [1.29, 1.82) is 0 Å². The number of aliphatic hydroxyl groups is 1. The van der Waals surface area contributed by atoms with E-state index in [1.807, 2.05) is 67.6 Å². The summed E-state index contributed by atoms with van der Waals surface area (Å²) in [5, 5.41) is 9.08. The van der Waals surface area contributed by atoms with Crippen LogP contribution in [0.4, 0.5) is 11.4 Å². The van der Waals surface area contributed by atoms with Crippen molar-refractivity contribution < 1.29 is 63.2 Å². The predicted octanol–water partition coefficient (Wildman–Crippen LogP) is 7.14. The van der Waals surface area contributed by atoms with E-state index in [1.54, 1.807) is 249 Å². The highest BCUT2D eigenvalue weighted by Crippen LogP contribution is 2.62. The minimum atomic E-state index is -4.20. The number of aliphatic hydroxyl groups excluding tert-OH is 1. The Bertz CT molecular complexity index is 5690. The number of para-hydroxylation sites is 2. The number of sulfonamides is 2. The van der Waals surface area contributed by atoms with E-state index < -0.39 is 77.5 Å². The van der Waals surface area contributed by atoms with E-state index in [-0.39, 0.29) is 71.0 Å². The molecule has 7 aromatic carbocycles. The standard InChI is InChI=1S/C37H37N3O8S2.C30H31N3O6S.S18/c1-25-14-20-30(21-15-25)50(45,46)48-23-9-22-47-28-18-16-27(17-19-28)37-24-33-35(42)38(3)26(2)34(41)39(33)36(37)40(32-13-8-7-12-31(32)37)49(43,44)29-10-5-4-6-11-29;1-20-27(35)32-26(28(36)31(20)2)19-30(21-13-15-22(16-14-21)39-18-8-17-34)24-11-6-7-12-25(24)33(29(30)32)40(37,38)23-9-4-3-5-10-23;1-3-5-7-9-11-13-15-17-18-16-14-12-10-8-6-4-2/h4-8,10-21,26,33,36H,9,22-24H2,1-3H3;3-7,9-16,20,26,29,34H,8,17-19H2,1-2H3;/t26-,33-,36-,37-;20-,26-,29-,30-;/m00./s1. The summed E-state index contributed by atoms with van der Waals surface area (Å²) < 4.78 is 102. The number of hydrogen-bond donors (Lipinski definition) is 1. The fourth-order valence-corrected chi connectivity index (χ4v) is 56.7. The van der Waals surface area contributed by atoms with Gasteiger partial charge in [0.25, 0.3) is 30.2 Å². The van der Waals surface area contributed by atoms with Gasteiger partial charge in [-0.05, 0) is 129 Å². The Morgan fingerprint density at radius 2 is 0.787 bits per heavy atom. The summed E-state index contributed by atoms with van der Waals surface area (Å²) in [5.74, 6) is 0.0627. The zero-order valence-corrected chi connectivity index (χ0v) is 74.6. The van der Waals surface area contributed by atoms with Crippen LogP contribution < -0.4 is 18.1 Å². The molecule has 0 spiro atoms. The molecule has 0 unspecified atom stereocenters. The van der Waals surface area contributed by atoms with Crippen LogP contribution in [0, 0.1) is 6.92 Å². The number of hydrogen-bond acceptors (Lipinski definition) is 16. The number of anilines is 2. The first-order valence-electron chi connectivity index (χ1n) is 32.5. The Balaban J connectivity index is 0.000000179. The van der Waals surface area contributed by atoms with Gasteiger partial charge in [0.1, 0.15) is 48.0 Å². The first-order valence-corrected chi connectivity index (χ1v) is 59.5. The number of carbonyl (C=O) groups is 4. The molecule has 8 atom stereocenters. The quantitative estimate of drug-likeness (QED) is 0.0704. The van der Waals surface area contributed by atoms with Gasteiger partial charge in [-0.1, -0.05) is 115 Å². The maximum atomic E-state index is 14.5. The van der Waals surface area contributed by atoms with E-state index >= 15 is 0 Å². The molecule has 4 fully saturated rings. The highest BCUT2D eigenvalue weighted by molar-refractivity contribution is 8.77. The second-order valence-corrected chi connectivity index (χ2v) is 58.0. The predicted molar refractivity (Wildman–Crippen MR) is 466 cm³/mol. The molecule has 6 aliphatic rings. The lowest BCUT2D eigenvalue weighted by Crippen LogP contribution is -2.65. The van der Waals surface area contributed by atoms with Gasteiger partial charge in [0.2, 0.25) is 23.6 Å². The molecule has 41 heteroatoms. The zero-order chi connectivity index (χ0) is 77.0. The number of rotatable bonds is 17. The molecule has 7 aromatic rings. The Kier molecular flexibility index (Phi) is 29.6. The number of benzene rings is 7. The number of carbonyl (C=O) groups excluding carboxylic acids is 4. The lowest BCUT2D eigenvalue weighted by atomic mass is 9.72. The topological polar surface area (TPSA) is 238 Å². The van der Waals surface area contributed by atoms with E-state index in [9.17, 15) is 44.4 Å². The number of nitrogens with zero attached hydrogens (tertiary/aromatic N) is 6. The summed E-state index contributed by atoms with van der Waals surface area (Å²) in [5.41, 5.74) is 2.78. The Morgan fingerprint density at radius 3 is 1.16 bits per heavy atom. The minimum Gasteiger partial charge on any atom is -0.494 e. The van der Waals surface area contributed by atoms with Gasteiger partial charge in [0, 0.05) is 198 Å². The fraction of sp³-hybridized carbons (Fsp3) is 0.313. The van der Waals surface area contributed by atoms with Gasteiger partial charge >= 0.3 is 0 Å². The van der Waals surface area contributed by atoms with Gasteiger partial charge in [0.15, 0.2) is 0 Å². The molecule has 13 rings (SSSR count). The van der Waals surface area contributed by atoms with Crippen molar-refractivity contribution in [3.05, 3.63) is 210 Å². The Morgan fingerprint density at radius 1 is 0.435 bits per heavy atom. The average Bonchev–Trinajstić information content (AvgIpc) is 1.51. The number of fused-ring (bicyclic) bond motifs is 10. The third-order valence-electron chi connectivity index (χ3n) is 18.9. The van der Waals surface area contributed by atoms with Crippen molar-refractivity contribution in [2.45, 2.75) is 108 Å². The van der Waals surface area contributed by atoms with E-state index in [2.05, 4.69) is 0 Å². The van der Waals surface area contributed by atoms with Crippen LogP contribution >= 0.6 is 0 Å². The first-order chi connectivity index (χ1) is 52.0. The molecule has 6 heterocycles. The SMILES string of the molecule is C[C@H]1C(=O)N2[C@@H](C[C@]3(c4ccc(OCCCO)cc4)c4ccccc4N(S(=O)(=O)c4ccccc4)[C@H]23)C(=O)N1C.Cc1ccc(S(=O)(=O)OCCCOc2ccc([C@]34C[C@H]5C(=O)N(C)[C@@H](C)C(=O)N5[C@H]3N(S(=O)(=O)c3ccccc3)c3ccccc34)cc2)cc1.S=S=S=S=S=S=S=S=S=S=S=S=S=S=S=S=S=S. The summed E-state index contributed by atoms with van der Waals surface area (Å²) in [4.78, 5) is 61.6. The second kappa shape index (κ2) is 38.0. The first kappa shape index (κ1) is 84.3. The van der Waals surface area contributed by atoms with Gasteiger partial charge in [0.05, 0.1) is 56.7 Å². The van der Waals surface area contributed by atoms with E-state index in [0.29, 0.717) is 47.9 Å². The van der Waals surface area contributed by atoms with Crippen LogP contribution in [-0.2, 0) is 229 Å². The van der Waals surface area contributed by atoms with Gasteiger partial charge in [-0.25, -0.2) is 25.4 Å². The summed E-state index contributed by atoms with van der Waals surface area (Å²) in [6.45, 7) is 5.71. The molecule has 1 N–H and O–H groups in total. The smallest absolute Gasteiger partial charge is 0.296 e. The minimum absolute atomic E-state index is 0.0253. The van der Waals surface area contributed by atoms with Crippen molar-refractivity contribution in [2.75, 3.05) is 49.1 Å². The Labute approximate surface area is 683 Å². The van der Waals surface area contributed by atoms with Crippen LogP contribution in [0.2, 0.25) is 0 Å². The molecule has 20 nitrogen and oxygen atoms in total. The molecule has 0 saturated carbocycles. The molecule has 576 valence electrons. The molecule has 6 aliphatic heterocycles. The number of ether oxygens (including phenoxy) is 2. The lowest BCUT2D eigenvalue weighted by Gasteiger charge is -2.44. The summed E-state index contributed by atoms with van der Waals surface area (Å²) in [6, 6.07) is 48.7. The maximum Gasteiger partial charge on any atom is 0.296 e. The molecular formula is C67H68N6O14S21. The molecule has 4 amide bonds. The molecule has 4 saturated heterocycles. The molecule has 108 heavy (non-hydrogen) atoms. The normalized spacial score (nSPS) is 21.4. The van der Waals surface area contributed by atoms with E-state index in [4.69, 9.17) is 41.1 Å². The molecule has 0 radical (unpaired) electrons. The van der Waals surface area contributed by atoms with Crippen LogP contribution in [-0.4, -0.2) is 151 Å². The fourth-order valence-electron chi connectivity index (χ4n) is 14.0. The van der Waals surface area contributed by atoms with Crippen LogP contribution in [0.25, 0.3) is 0 Å². The third-order valence-corrected chi connectivity index (χ3v) is 57.1. The van der Waals surface area contributed by atoms with Gasteiger partial charge in [-0.3, -0.25) is 23.4 Å². The lowest BCUT2D eigenvalue weighted by molar-refractivity contribution is -0.158. The van der Waals surface area contributed by atoms with Crippen molar-refractivity contribution in [3.8, 4) is 11.5 Å². The largest absolute Gasteiger partial charge is 0.494 e. The second-order valence-electron chi connectivity index (χ2n) is 24.5. The van der Waals surface area contributed by atoms with Crippen molar-refractivity contribution in [3.63, 3.8) is 0 Å². The summed E-state index contributed by atoms with van der Waals surface area (Å²) >= 11 is 9.49. The number of amides is 4. The van der Waals surface area contributed by atoms with Gasteiger partial charge in [-0.2, -0.15) is 8.42 Å². The average molecular weight is 1850 g/mol. The van der Waals surface area contributed by atoms with Crippen LogP contribution in [0.5, 0.6) is 11.5 Å². The highest BCUT2D eigenvalue weighted by atomic mass is 33.5. The van der Waals surface area contributed by atoms with E-state index in [1.165, 1.54) is 70.2 Å². The third kappa shape index (κ3) is 17.7. The molecular weight excluding hydrogens is 1790 g/mol. The Hall–Kier alpha value is -4.65. The zero-order valence-electron chi connectivity index (χ0n) is 57.5. The number of piperazine rings is 2. The van der Waals surface area contributed by atoms with Gasteiger partial charge < -0.3 is 34.2 Å². The van der Waals surface area contributed by atoms with Crippen LogP contribution in [0.15, 0.2) is 197 Å². The summed E-state index contributed by atoms with van der Waals surface area (Å²) in [6.07, 6.45) is -0.784. The van der Waals surface area contributed by atoms with Crippen LogP contribution in [0.1, 0.15) is 67.3 Å². The monoisotopic (exact) mass is 1850 g/mol.